The second-order valence-electron chi connectivity index (χ2n) is 4.90. The first-order chi connectivity index (χ1) is 11.0. The van der Waals surface area contributed by atoms with E-state index in [1.54, 1.807) is 38.5 Å². The molecule has 0 radical (unpaired) electrons. The molecule has 0 aliphatic rings. The summed E-state index contributed by atoms with van der Waals surface area (Å²) in [6.07, 6.45) is 0. The molecule has 0 spiro atoms. The quantitative estimate of drug-likeness (QED) is 0.770. The number of methoxy groups -OCH3 is 2. The molecular weight excluding hydrogens is 362 g/mol. The molecule has 122 valence electrons. The molecule has 0 unspecified atom stereocenters. The predicted octanol–water partition coefficient (Wildman–Crippen LogP) is 3.45. The summed E-state index contributed by atoms with van der Waals surface area (Å²) in [4.78, 5) is 10.8. The van der Waals surface area contributed by atoms with E-state index >= 15 is 0 Å². The van der Waals surface area contributed by atoms with Gasteiger partial charge in [-0.25, -0.2) is 4.79 Å². The van der Waals surface area contributed by atoms with Crippen LogP contribution in [0.4, 0.5) is 0 Å². The van der Waals surface area contributed by atoms with Crippen molar-refractivity contribution < 1.29 is 19.4 Å². The van der Waals surface area contributed by atoms with Crippen molar-refractivity contribution in [2.45, 2.75) is 13.1 Å². The summed E-state index contributed by atoms with van der Waals surface area (Å²) in [6, 6.07) is 10.6. The Hall–Kier alpha value is -2.05. The van der Waals surface area contributed by atoms with Crippen LogP contribution in [0.15, 0.2) is 40.9 Å². The molecule has 0 saturated heterocycles. The number of carboxylic acid groups (broad SMARTS) is 1. The summed E-state index contributed by atoms with van der Waals surface area (Å²) >= 11 is 3.52. The van der Waals surface area contributed by atoms with Crippen molar-refractivity contribution >= 4 is 21.9 Å². The highest BCUT2D eigenvalue weighted by molar-refractivity contribution is 9.10. The minimum absolute atomic E-state index is 0.288. The molecule has 6 heteroatoms. The number of ether oxygens (including phenoxy) is 2. The lowest BCUT2D eigenvalue weighted by molar-refractivity contribution is 0.0697. The number of halogens is 1. The molecule has 2 aromatic rings. The Labute approximate surface area is 143 Å². The number of carboxylic acids is 1. The maximum Gasteiger partial charge on any atom is 0.335 e. The smallest absolute Gasteiger partial charge is 0.335 e. The largest absolute Gasteiger partial charge is 0.493 e. The van der Waals surface area contributed by atoms with Crippen LogP contribution in [0.1, 0.15) is 21.5 Å². The highest BCUT2D eigenvalue weighted by Gasteiger charge is 2.09. The molecule has 0 fully saturated rings. The van der Waals surface area contributed by atoms with Gasteiger partial charge in [0, 0.05) is 17.6 Å². The second kappa shape index (κ2) is 7.99. The van der Waals surface area contributed by atoms with Gasteiger partial charge in [-0.3, -0.25) is 0 Å². The normalized spacial score (nSPS) is 10.4. The number of hydrogen-bond acceptors (Lipinski definition) is 4. The van der Waals surface area contributed by atoms with Gasteiger partial charge >= 0.3 is 5.97 Å². The third kappa shape index (κ3) is 4.46. The molecule has 0 bridgehead atoms. The summed E-state index contributed by atoms with van der Waals surface area (Å²) < 4.78 is 11.5. The fraction of sp³-hybridized carbons (Fsp3) is 0.235. The van der Waals surface area contributed by atoms with Crippen molar-refractivity contribution in [2.24, 2.45) is 0 Å². The van der Waals surface area contributed by atoms with Crippen molar-refractivity contribution in [1.29, 1.82) is 0 Å². The van der Waals surface area contributed by atoms with Crippen LogP contribution < -0.4 is 14.8 Å². The van der Waals surface area contributed by atoms with Gasteiger partial charge in [0.2, 0.25) is 0 Å². The van der Waals surface area contributed by atoms with Crippen molar-refractivity contribution in [3.63, 3.8) is 0 Å². The maximum atomic E-state index is 10.8. The Kier molecular flexibility index (Phi) is 6.01. The molecule has 2 rings (SSSR count). The van der Waals surface area contributed by atoms with Gasteiger partial charge in [-0.2, -0.15) is 0 Å². The van der Waals surface area contributed by atoms with Gasteiger partial charge in [0.15, 0.2) is 11.5 Å². The van der Waals surface area contributed by atoms with Crippen LogP contribution in [0.3, 0.4) is 0 Å². The summed E-state index contributed by atoms with van der Waals surface area (Å²) in [7, 11) is 3.20. The van der Waals surface area contributed by atoms with Gasteiger partial charge in [0.05, 0.1) is 19.8 Å². The van der Waals surface area contributed by atoms with Crippen molar-refractivity contribution in [3.8, 4) is 11.5 Å². The van der Waals surface area contributed by atoms with Crippen LogP contribution in [0, 0.1) is 0 Å². The molecule has 0 aliphatic heterocycles. The zero-order valence-electron chi connectivity index (χ0n) is 12.9. The third-order valence-corrected chi connectivity index (χ3v) is 4.14. The van der Waals surface area contributed by atoms with Gasteiger partial charge < -0.3 is 19.9 Å². The number of carbonyl (C=O) groups is 1. The van der Waals surface area contributed by atoms with Crippen LogP contribution in [0.5, 0.6) is 11.5 Å². The number of aromatic carboxylic acids is 1. The predicted molar refractivity (Wildman–Crippen MR) is 91.2 cm³/mol. The monoisotopic (exact) mass is 379 g/mol. The molecule has 0 atom stereocenters. The van der Waals surface area contributed by atoms with Crippen molar-refractivity contribution in [3.05, 3.63) is 57.6 Å². The molecule has 2 N–H and O–H groups in total. The van der Waals surface area contributed by atoms with E-state index in [4.69, 9.17) is 14.6 Å². The summed E-state index contributed by atoms with van der Waals surface area (Å²) in [5.41, 5.74) is 2.35. The molecule has 0 aliphatic carbocycles. The first-order valence-electron chi connectivity index (χ1n) is 6.98. The maximum absolute atomic E-state index is 10.8. The van der Waals surface area contributed by atoms with E-state index in [1.807, 2.05) is 12.1 Å². The highest BCUT2D eigenvalue weighted by atomic mass is 79.9. The first-order valence-corrected chi connectivity index (χ1v) is 7.77. The fourth-order valence-electron chi connectivity index (χ4n) is 2.14. The van der Waals surface area contributed by atoms with Crippen LogP contribution in [-0.2, 0) is 13.1 Å². The van der Waals surface area contributed by atoms with Crippen LogP contribution >= 0.6 is 15.9 Å². The van der Waals surface area contributed by atoms with E-state index in [2.05, 4.69) is 21.2 Å². The van der Waals surface area contributed by atoms with E-state index < -0.39 is 5.97 Å². The molecule has 2 aromatic carbocycles. The van der Waals surface area contributed by atoms with Crippen LogP contribution in [-0.4, -0.2) is 25.3 Å². The van der Waals surface area contributed by atoms with Gasteiger partial charge in [-0.15, -0.1) is 0 Å². The lowest BCUT2D eigenvalue weighted by Gasteiger charge is -2.12. The minimum Gasteiger partial charge on any atom is -0.493 e. The number of hydrogen-bond donors (Lipinski definition) is 2. The SMILES string of the molecule is COc1cc(Br)c(CNCc2ccc(C(=O)O)cc2)cc1OC. The van der Waals surface area contributed by atoms with E-state index in [9.17, 15) is 4.79 Å². The lowest BCUT2D eigenvalue weighted by Crippen LogP contribution is -2.13. The average molecular weight is 380 g/mol. The number of benzene rings is 2. The Balaban J connectivity index is 1.99. The van der Waals surface area contributed by atoms with E-state index in [0.717, 1.165) is 15.6 Å². The fourth-order valence-corrected chi connectivity index (χ4v) is 2.60. The zero-order chi connectivity index (χ0) is 16.8. The molecule has 0 aromatic heterocycles. The van der Waals surface area contributed by atoms with Crippen molar-refractivity contribution in [2.75, 3.05) is 14.2 Å². The van der Waals surface area contributed by atoms with E-state index in [-0.39, 0.29) is 5.56 Å². The molecule has 0 heterocycles. The molecule has 23 heavy (non-hydrogen) atoms. The van der Waals surface area contributed by atoms with Crippen LogP contribution in [0.2, 0.25) is 0 Å². The Morgan fingerprint density at radius 2 is 1.70 bits per heavy atom. The molecule has 0 amide bonds. The van der Waals surface area contributed by atoms with E-state index in [1.165, 1.54) is 0 Å². The minimum atomic E-state index is -0.918. The van der Waals surface area contributed by atoms with E-state index in [0.29, 0.717) is 24.6 Å². The van der Waals surface area contributed by atoms with Crippen LogP contribution in [0.25, 0.3) is 0 Å². The van der Waals surface area contributed by atoms with Gasteiger partial charge in [-0.1, -0.05) is 28.1 Å². The number of nitrogens with one attached hydrogen (secondary N) is 1. The van der Waals surface area contributed by atoms with Gasteiger partial charge in [0.25, 0.3) is 0 Å². The zero-order valence-corrected chi connectivity index (χ0v) is 14.5. The van der Waals surface area contributed by atoms with Gasteiger partial charge in [-0.05, 0) is 35.4 Å². The second-order valence-corrected chi connectivity index (χ2v) is 5.76. The summed E-state index contributed by atoms with van der Waals surface area (Å²) in [6.45, 7) is 1.28. The highest BCUT2D eigenvalue weighted by Crippen LogP contribution is 2.33. The summed E-state index contributed by atoms with van der Waals surface area (Å²) in [5.74, 6) is 0.435. The Bertz CT molecular complexity index is 686. The standard InChI is InChI=1S/C17H18BrNO4/c1-22-15-7-13(14(18)8-16(15)23-2)10-19-9-11-3-5-12(6-4-11)17(20)21/h3-8,19H,9-10H2,1-2H3,(H,20,21). The third-order valence-electron chi connectivity index (χ3n) is 3.40. The summed E-state index contributed by atoms with van der Waals surface area (Å²) in [5, 5.41) is 12.2. The number of rotatable bonds is 7. The molecule has 0 saturated carbocycles. The lowest BCUT2D eigenvalue weighted by atomic mass is 10.1. The Morgan fingerprint density at radius 3 is 2.26 bits per heavy atom. The van der Waals surface area contributed by atoms with Gasteiger partial charge in [0.1, 0.15) is 0 Å². The topological polar surface area (TPSA) is 67.8 Å². The molecule has 5 nitrogen and oxygen atoms in total. The average Bonchev–Trinajstić information content (AvgIpc) is 2.56. The first kappa shape index (κ1) is 17.3. The molecular formula is C17H18BrNO4. The Morgan fingerprint density at radius 1 is 1.09 bits per heavy atom. The van der Waals surface area contributed by atoms with Crippen molar-refractivity contribution in [1.82, 2.24) is 5.32 Å².